The second-order valence-electron chi connectivity index (χ2n) is 10.1. The number of hydrogen-bond acceptors (Lipinski definition) is 6. The third-order valence-electron chi connectivity index (χ3n) is 7.20. The van der Waals surface area contributed by atoms with Crippen molar-refractivity contribution in [3.63, 3.8) is 0 Å². The van der Waals surface area contributed by atoms with Gasteiger partial charge in [0.25, 0.3) is 0 Å². The zero-order valence-corrected chi connectivity index (χ0v) is 27.4. The summed E-state index contributed by atoms with van der Waals surface area (Å²) >= 11 is 23.7. The largest absolute Gasteiger partial charge is 0.492 e. The Kier molecular flexibility index (Phi) is 14.6. The van der Waals surface area contributed by atoms with E-state index < -0.39 is 0 Å². The van der Waals surface area contributed by atoms with E-state index in [2.05, 4.69) is 27.2 Å². The molecule has 1 aromatic heterocycles. The number of anilines is 2. The van der Waals surface area contributed by atoms with Gasteiger partial charge in [-0.05, 0) is 55.8 Å². The molecule has 4 rings (SSSR count). The van der Waals surface area contributed by atoms with Gasteiger partial charge in [0.2, 0.25) is 0 Å². The number of aromatic nitrogens is 1. The average molecular weight is 667 g/mol. The van der Waals surface area contributed by atoms with Gasteiger partial charge in [0.05, 0.1) is 17.8 Å². The Hall–Kier alpha value is -2.19. The Balaban J connectivity index is 1.45. The van der Waals surface area contributed by atoms with Gasteiger partial charge in [0, 0.05) is 72.7 Å². The maximum absolute atomic E-state index is 6.28. The van der Waals surface area contributed by atoms with Gasteiger partial charge in [0.15, 0.2) is 0 Å². The molecule has 0 saturated carbocycles. The van der Waals surface area contributed by atoms with Crippen LogP contribution < -0.4 is 14.8 Å². The predicted molar refractivity (Wildman–Crippen MR) is 185 cm³/mol. The lowest BCUT2D eigenvalue weighted by Crippen LogP contribution is -2.32. The van der Waals surface area contributed by atoms with Crippen LogP contribution in [0.25, 0.3) is 21.8 Å². The number of rotatable bonds is 20. The first-order valence-electron chi connectivity index (χ1n) is 14.8. The molecule has 4 aromatic rings. The Labute approximate surface area is 275 Å². The number of pyridine rings is 1. The molecule has 0 amide bonds. The Morgan fingerprint density at radius 1 is 0.605 bits per heavy atom. The van der Waals surface area contributed by atoms with Gasteiger partial charge >= 0.3 is 0 Å². The van der Waals surface area contributed by atoms with E-state index in [0.717, 1.165) is 96.8 Å². The summed E-state index contributed by atoms with van der Waals surface area (Å²) in [6, 6.07) is 22.3. The van der Waals surface area contributed by atoms with Crippen molar-refractivity contribution >= 4 is 79.6 Å². The van der Waals surface area contributed by atoms with E-state index in [-0.39, 0.29) is 0 Å². The quantitative estimate of drug-likeness (QED) is 0.0583. The van der Waals surface area contributed by atoms with Crippen molar-refractivity contribution in [3.8, 4) is 11.5 Å². The molecule has 0 aliphatic rings. The number of nitrogens with zero attached hydrogens (tertiary/aromatic N) is 3. The van der Waals surface area contributed by atoms with E-state index in [1.54, 1.807) is 0 Å². The van der Waals surface area contributed by atoms with E-state index in [4.69, 9.17) is 60.9 Å². The van der Waals surface area contributed by atoms with Gasteiger partial charge in [-0.1, -0.05) is 30.3 Å². The molecule has 0 bridgehead atoms. The van der Waals surface area contributed by atoms with Crippen LogP contribution in [0.2, 0.25) is 0 Å². The van der Waals surface area contributed by atoms with Crippen LogP contribution in [0, 0.1) is 0 Å². The highest BCUT2D eigenvalue weighted by molar-refractivity contribution is 6.18. The Morgan fingerprint density at radius 3 is 1.95 bits per heavy atom. The number of nitrogens with one attached hydrogen (secondary N) is 1. The smallest absolute Gasteiger partial charge is 0.145 e. The topological polar surface area (TPSA) is 49.9 Å². The number of unbranched alkanes of at least 4 members (excludes halogenated alkanes) is 1. The summed E-state index contributed by atoms with van der Waals surface area (Å²) in [5.41, 5.74) is 3.70. The molecule has 10 heteroatoms. The molecule has 0 fully saturated rings. The summed E-state index contributed by atoms with van der Waals surface area (Å²) in [5, 5.41) is 5.70. The molecule has 232 valence electrons. The SMILES string of the molecule is ClCCN(CCCl)CCCCOc1cccc2c(Nc3ccc(OCCN(CCCl)CCCl)cc3)c3ccccc3nc12. The molecule has 0 aliphatic heterocycles. The molecule has 0 spiro atoms. The van der Waals surface area contributed by atoms with Gasteiger partial charge in [-0.15, -0.1) is 46.4 Å². The highest BCUT2D eigenvalue weighted by Gasteiger charge is 2.14. The van der Waals surface area contributed by atoms with E-state index in [1.807, 2.05) is 54.6 Å². The monoisotopic (exact) mass is 664 g/mol. The number of para-hydroxylation sites is 2. The molecular formula is C33H40Cl4N4O2. The number of fused-ring (bicyclic) bond motifs is 2. The van der Waals surface area contributed by atoms with Crippen LogP contribution in [-0.2, 0) is 0 Å². The van der Waals surface area contributed by atoms with Gasteiger partial charge in [-0.25, -0.2) is 4.98 Å². The van der Waals surface area contributed by atoms with Crippen LogP contribution in [0.5, 0.6) is 11.5 Å². The zero-order chi connectivity index (χ0) is 30.3. The van der Waals surface area contributed by atoms with Crippen molar-refractivity contribution in [1.29, 1.82) is 0 Å². The third kappa shape index (κ3) is 10.2. The Morgan fingerprint density at radius 2 is 1.26 bits per heavy atom. The molecule has 3 aromatic carbocycles. The van der Waals surface area contributed by atoms with Gasteiger partial charge < -0.3 is 19.7 Å². The van der Waals surface area contributed by atoms with Crippen LogP contribution in [0.3, 0.4) is 0 Å². The number of halogens is 4. The van der Waals surface area contributed by atoms with E-state index in [1.165, 1.54) is 0 Å². The molecular weight excluding hydrogens is 626 g/mol. The normalized spacial score (nSPS) is 11.6. The maximum Gasteiger partial charge on any atom is 0.145 e. The minimum atomic E-state index is 0.571. The minimum absolute atomic E-state index is 0.571. The second-order valence-corrected chi connectivity index (χ2v) is 11.7. The first-order valence-corrected chi connectivity index (χ1v) is 16.9. The molecule has 1 N–H and O–H groups in total. The fourth-order valence-electron chi connectivity index (χ4n) is 4.98. The summed E-state index contributed by atoms with van der Waals surface area (Å²) in [4.78, 5) is 9.50. The first-order chi connectivity index (χ1) is 21.2. The summed E-state index contributed by atoms with van der Waals surface area (Å²) in [7, 11) is 0. The van der Waals surface area contributed by atoms with Crippen molar-refractivity contribution in [1.82, 2.24) is 14.8 Å². The molecule has 0 unspecified atom stereocenters. The fraction of sp³-hybridized carbons (Fsp3) is 0.424. The molecule has 0 saturated heterocycles. The van der Waals surface area contributed by atoms with Crippen molar-refractivity contribution in [3.05, 3.63) is 66.7 Å². The Bertz CT molecular complexity index is 1380. The second kappa shape index (κ2) is 18.6. The third-order valence-corrected chi connectivity index (χ3v) is 7.88. The number of alkyl halides is 4. The highest BCUT2D eigenvalue weighted by Crippen LogP contribution is 2.37. The van der Waals surface area contributed by atoms with Crippen molar-refractivity contribution in [2.24, 2.45) is 0 Å². The lowest BCUT2D eigenvalue weighted by atomic mass is 10.1. The predicted octanol–water partition coefficient (Wildman–Crippen LogP) is 8.23. The highest BCUT2D eigenvalue weighted by atomic mass is 35.5. The number of hydrogen-bond donors (Lipinski definition) is 1. The van der Waals surface area contributed by atoms with Gasteiger partial charge in [-0.3, -0.25) is 4.90 Å². The number of ether oxygens (including phenoxy) is 2. The maximum atomic E-state index is 6.28. The van der Waals surface area contributed by atoms with Gasteiger partial charge in [0.1, 0.15) is 23.6 Å². The fourth-order valence-corrected chi connectivity index (χ4v) is 5.93. The van der Waals surface area contributed by atoms with Crippen LogP contribution >= 0.6 is 46.4 Å². The van der Waals surface area contributed by atoms with Crippen LogP contribution in [0.4, 0.5) is 11.4 Å². The molecule has 6 nitrogen and oxygen atoms in total. The van der Waals surface area contributed by atoms with E-state index in [9.17, 15) is 0 Å². The van der Waals surface area contributed by atoms with E-state index in [0.29, 0.717) is 36.7 Å². The van der Waals surface area contributed by atoms with Gasteiger partial charge in [-0.2, -0.15) is 0 Å². The molecule has 0 atom stereocenters. The van der Waals surface area contributed by atoms with Crippen molar-refractivity contribution in [2.45, 2.75) is 12.8 Å². The van der Waals surface area contributed by atoms with Crippen LogP contribution in [0.1, 0.15) is 12.8 Å². The summed E-state index contributed by atoms with van der Waals surface area (Å²) < 4.78 is 12.3. The lowest BCUT2D eigenvalue weighted by molar-refractivity contribution is 0.224. The van der Waals surface area contributed by atoms with Crippen LogP contribution in [0.15, 0.2) is 66.7 Å². The standard InChI is InChI=1S/C33H40Cl4N4O2/c34-14-19-40(20-15-35)18-3-4-24-43-31-9-5-7-29-32(28-6-1-2-8-30(28)39-33(29)31)38-26-10-12-27(13-11-26)42-25-23-41(21-16-36)22-17-37/h1-2,5-13H,3-4,14-25H2,(H,38,39). The molecule has 0 radical (unpaired) electrons. The molecule has 0 aliphatic carbocycles. The van der Waals surface area contributed by atoms with Crippen LogP contribution in [-0.4, -0.2) is 90.8 Å². The van der Waals surface area contributed by atoms with E-state index >= 15 is 0 Å². The summed E-state index contributed by atoms with van der Waals surface area (Å²) in [6.45, 7) is 6.21. The average Bonchev–Trinajstić information content (AvgIpc) is 3.02. The summed E-state index contributed by atoms with van der Waals surface area (Å²) in [5.74, 6) is 3.98. The zero-order valence-electron chi connectivity index (χ0n) is 24.4. The first kappa shape index (κ1) is 33.7. The van der Waals surface area contributed by atoms with Crippen molar-refractivity contribution in [2.75, 3.05) is 81.3 Å². The number of benzene rings is 3. The van der Waals surface area contributed by atoms with Crippen molar-refractivity contribution < 1.29 is 9.47 Å². The minimum Gasteiger partial charge on any atom is -0.492 e. The summed E-state index contributed by atoms with van der Waals surface area (Å²) in [6.07, 6.45) is 1.95. The molecule has 1 heterocycles. The lowest BCUT2D eigenvalue weighted by Gasteiger charge is -2.20. The molecule has 43 heavy (non-hydrogen) atoms.